The van der Waals surface area contributed by atoms with Crippen molar-refractivity contribution in [2.45, 2.75) is 30.7 Å². The molecule has 22 heavy (non-hydrogen) atoms. The van der Waals surface area contributed by atoms with Crippen molar-refractivity contribution < 1.29 is 13.2 Å². The molecule has 0 amide bonds. The Balaban J connectivity index is 1.89. The summed E-state index contributed by atoms with van der Waals surface area (Å²) in [5, 5.41) is 1.95. The fourth-order valence-corrected chi connectivity index (χ4v) is 4.68. The van der Waals surface area contributed by atoms with Gasteiger partial charge in [-0.25, -0.2) is 13.1 Å². The summed E-state index contributed by atoms with van der Waals surface area (Å²) < 4.78 is 28.1. The van der Waals surface area contributed by atoms with Crippen LogP contribution in [0.2, 0.25) is 0 Å². The monoisotopic (exact) mass is 335 g/mol. The van der Waals surface area contributed by atoms with Crippen molar-refractivity contribution in [1.29, 1.82) is 0 Å². The largest absolute Gasteiger partial charge is 0.295 e. The number of rotatable bonds is 6. The molecule has 2 aromatic rings. The summed E-state index contributed by atoms with van der Waals surface area (Å²) in [6.07, 6.45) is 2.08. The summed E-state index contributed by atoms with van der Waals surface area (Å²) in [4.78, 5) is 12.6. The number of thiophene rings is 1. The van der Waals surface area contributed by atoms with Gasteiger partial charge in [-0.2, -0.15) is 0 Å². The van der Waals surface area contributed by atoms with E-state index in [-0.39, 0.29) is 16.7 Å². The molecule has 0 radical (unpaired) electrons. The fraction of sp³-hybridized carbons (Fsp3) is 0.312. The predicted molar refractivity (Wildman–Crippen MR) is 86.6 cm³/mol. The number of Topliss-reactive ketones (excluding diaryl/α,β-unsaturated/α-hetero) is 1. The molecule has 1 atom stereocenters. The van der Waals surface area contributed by atoms with E-state index in [2.05, 4.69) is 4.72 Å². The van der Waals surface area contributed by atoms with E-state index in [1.807, 2.05) is 17.5 Å². The highest BCUT2D eigenvalue weighted by molar-refractivity contribution is 7.89. The number of hydrogen-bond donors (Lipinski definition) is 1. The summed E-state index contributed by atoms with van der Waals surface area (Å²) in [5.41, 5.74) is 0.405. The first-order valence-electron chi connectivity index (χ1n) is 7.14. The lowest BCUT2D eigenvalue weighted by Gasteiger charge is -2.17. The lowest BCUT2D eigenvalue weighted by atomic mass is 10.2. The van der Waals surface area contributed by atoms with E-state index < -0.39 is 10.0 Å². The molecule has 3 rings (SSSR count). The maximum absolute atomic E-state index is 12.6. The van der Waals surface area contributed by atoms with Gasteiger partial charge in [-0.1, -0.05) is 18.2 Å². The van der Waals surface area contributed by atoms with Crippen molar-refractivity contribution in [3.63, 3.8) is 0 Å². The quantitative estimate of drug-likeness (QED) is 0.823. The molecule has 0 bridgehead atoms. The molecule has 1 saturated carbocycles. The van der Waals surface area contributed by atoms with Crippen molar-refractivity contribution >= 4 is 27.1 Å². The van der Waals surface area contributed by atoms with Crippen LogP contribution >= 0.6 is 11.3 Å². The zero-order valence-corrected chi connectivity index (χ0v) is 13.8. The molecule has 0 saturated heterocycles. The van der Waals surface area contributed by atoms with E-state index in [0.29, 0.717) is 11.5 Å². The number of hydrogen-bond acceptors (Lipinski definition) is 4. The van der Waals surface area contributed by atoms with Gasteiger partial charge >= 0.3 is 0 Å². The Morgan fingerprint density at radius 1 is 1.27 bits per heavy atom. The van der Waals surface area contributed by atoms with Crippen molar-refractivity contribution in [3.05, 3.63) is 52.2 Å². The number of benzene rings is 1. The van der Waals surface area contributed by atoms with Crippen molar-refractivity contribution in [1.82, 2.24) is 4.72 Å². The summed E-state index contributed by atoms with van der Waals surface area (Å²) >= 11 is 1.56. The third-order valence-corrected chi connectivity index (χ3v) is 6.17. The first-order valence-corrected chi connectivity index (χ1v) is 9.50. The van der Waals surface area contributed by atoms with Crippen LogP contribution in [0.1, 0.15) is 41.0 Å². The second-order valence-electron chi connectivity index (χ2n) is 5.54. The fourth-order valence-electron chi connectivity index (χ4n) is 2.40. The Kier molecular flexibility index (Phi) is 4.16. The molecule has 116 valence electrons. The van der Waals surface area contributed by atoms with Gasteiger partial charge in [0, 0.05) is 10.4 Å². The molecule has 0 unspecified atom stereocenters. The molecule has 1 heterocycles. The summed E-state index contributed by atoms with van der Waals surface area (Å²) in [6, 6.07) is 9.89. The Labute approximate surface area is 134 Å². The second kappa shape index (κ2) is 5.95. The van der Waals surface area contributed by atoms with Gasteiger partial charge in [0.2, 0.25) is 10.0 Å². The number of carbonyl (C=O) groups excluding carboxylic acids is 1. The average molecular weight is 335 g/mol. The van der Waals surface area contributed by atoms with Gasteiger partial charge in [0.15, 0.2) is 5.78 Å². The minimum Gasteiger partial charge on any atom is -0.295 e. The van der Waals surface area contributed by atoms with Crippen LogP contribution in [0.4, 0.5) is 0 Å². The van der Waals surface area contributed by atoms with Crippen LogP contribution in [-0.2, 0) is 10.0 Å². The zero-order chi connectivity index (χ0) is 15.7. The van der Waals surface area contributed by atoms with Crippen LogP contribution in [0.5, 0.6) is 0 Å². The van der Waals surface area contributed by atoms with Gasteiger partial charge in [0.25, 0.3) is 0 Å². The minimum atomic E-state index is -3.64. The Bertz CT molecular complexity index is 777. The Morgan fingerprint density at radius 2 is 2.05 bits per heavy atom. The molecule has 6 heteroatoms. The van der Waals surface area contributed by atoms with E-state index >= 15 is 0 Å². The van der Waals surface area contributed by atoms with Gasteiger partial charge in [-0.05, 0) is 49.3 Å². The smallest absolute Gasteiger partial charge is 0.241 e. The van der Waals surface area contributed by atoms with Crippen molar-refractivity contribution in [2.75, 3.05) is 0 Å². The van der Waals surface area contributed by atoms with Gasteiger partial charge in [-0.15, -0.1) is 11.3 Å². The van der Waals surface area contributed by atoms with Crippen LogP contribution in [-0.4, -0.2) is 14.2 Å². The van der Waals surface area contributed by atoms with Gasteiger partial charge in [0.05, 0.1) is 10.9 Å². The summed E-state index contributed by atoms with van der Waals surface area (Å²) in [6.45, 7) is 1.43. The molecule has 1 N–H and O–H groups in total. The van der Waals surface area contributed by atoms with Gasteiger partial charge in [-0.3, -0.25) is 4.79 Å². The molecule has 0 aliphatic heterocycles. The molecular weight excluding hydrogens is 318 g/mol. The van der Waals surface area contributed by atoms with E-state index in [4.69, 9.17) is 0 Å². The van der Waals surface area contributed by atoms with E-state index in [9.17, 15) is 13.2 Å². The highest BCUT2D eigenvalue weighted by Gasteiger charge is 2.36. The first kappa shape index (κ1) is 15.4. The lowest BCUT2D eigenvalue weighted by Crippen LogP contribution is -2.29. The third-order valence-electron chi connectivity index (χ3n) is 3.78. The standard InChI is InChI=1S/C16H17NO3S2/c1-11(18)13-4-2-5-14(10-13)22(19,20)17-16(12-7-8-12)15-6-3-9-21-15/h2-6,9-10,12,16-17H,7-8H2,1H3/t16-/m1/s1. The Hall–Kier alpha value is -1.50. The molecule has 0 spiro atoms. The molecule has 1 aromatic heterocycles. The maximum Gasteiger partial charge on any atom is 0.241 e. The topological polar surface area (TPSA) is 63.2 Å². The van der Waals surface area contributed by atoms with E-state index in [1.54, 1.807) is 23.5 Å². The van der Waals surface area contributed by atoms with Crippen LogP contribution in [0.3, 0.4) is 0 Å². The Morgan fingerprint density at radius 3 is 2.64 bits per heavy atom. The predicted octanol–water partition coefficient (Wildman–Crippen LogP) is 3.38. The average Bonchev–Trinajstić information content (AvgIpc) is 3.19. The normalized spacial score (nSPS) is 16.4. The van der Waals surface area contributed by atoms with Crippen LogP contribution in [0.15, 0.2) is 46.7 Å². The molecule has 4 nitrogen and oxygen atoms in total. The van der Waals surface area contributed by atoms with Crippen LogP contribution < -0.4 is 4.72 Å². The number of nitrogens with one attached hydrogen (secondary N) is 1. The van der Waals surface area contributed by atoms with Gasteiger partial charge < -0.3 is 0 Å². The molecular formula is C16H17NO3S2. The lowest BCUT2D eigenvalue weighted by molar-refractivity contribution is 0.101. The highest BCUT2D eigenvalue weighted by atomic mass is 32.2. The second-order valence-corrected chi connectivity index (χ2v) is 8.23. The summed E-state index contributed by atoms with van der Waals surface area (Å²) in [5.74, 6) is 0.221. The molecule has 1 aliphatic rings. The highest BCUT2D eigenvalue weighted by Crippen LogP contribution is 2.43. The SMILES string of the molecule is CC(=O)c1cccc(S(=O)(=O)N[C@@H](c2cccs2)C2CC2)c1. The molecule has 1 fully saturated rings. The maximum atomic E-state index is 12.6. The number of sulfonamides is 1. The number of ketones is 1. The van der Waals surface area contributed by atoms with Crippen LogP contribution in [0.25, 0.3) is 0 Å². The minimum absolute atomic E-state index is 0.141. The molecule has 1 aromatic carbocycles. The summed E-state index contributed by atoms with van der Waals surface area (Å²) in [7, 11) is -3.64. The molecule has 1 aliphatic carbocycles. The van der Waals surface area contributed by atoms with Crippen molar-refractivity contribution in [2.24, 2.45) is 5.92 Å². The van der Waals surface area contributed by atoms with Crippen LogP contribution in [0, 0.1) is 5.92 Å². The first-order chi connectivity index (χ1) is 10.5. The van der Waals surface area contributed by atoms with Gasteiger partial charge in [0.1, 0.15) is 0 Å². The zero-order valence-electron chi connectivity index (χ0n) is 12.2. The number of carbonyl (C=O) groups is 1. The van der Waals surface area contributed by atoms with E-state index in [1.165, 1.54) is 19.1 Å². The third kappa shape index (κ3) is 3.29. The van der Waals surface area contributed by atoms with Crippen molar-refractivity contribution in [3.8, 4) is 0 Å². The van der Waals surface area contributed by atoms with E-state index in [0.717, 1.165) is 17.7 Å².